The summed E-state index contributed by atoms with van der Waals surface area (Å²) >= 11 is 0. The van der Waals surface area contributed by atoms with E-state index in [1.807, 2.05) is 44.2 Å². The van der Waals surface area contributed by atoms with Gasteiger partial charge in [-0.3, -0.25) is 4.79 Å². The summed E-state index contributed by atoms with van der Waals surface area (Å²) in [7, 11) is 1.36. The second-order valence-electron chi connectivity index (χ2n) is 7.07. The molecule has 164 valence electrons. The number of hydrogen-bond acceptors (Lipinski definition) is 6. The van der Waals surface area contributed by atoms with Crippen LogP contribution < -0.4 is 14.8 Å². The van der Waals surface area contributed by atoms with Gasteiger partial charge in [0.15, 0.2) is 17.5 Å². The Labute approximate surface area is 178 Å². The fraction of sp³-hybridized carbons (Fsp3) is 0.333. The van der Waals surface area contributed by atoms with Gasteiger partial charge in [-0.05, 0) is 28.8 Å². The molecule has 3 aromatic rings. The van der Waals surface area contributed by atoms with Gasteiger partial charge in [0.05, 0.1) is 7.11 Å². The van der Waals surface area contributed by atoms with Crippen LogP contribution in [0.3, 0.4) is 0 Å². The van der Waals surface area contributed by atoms with Crippen LogP contribution in [0.2, 0.25) is 0 Å². The van der Waals surface area contributed by atoms with Gasteiger partial charge in [-0.25, -0.2) is 0 Å². The zero-order valence-electron chi connectivity index (χ0n) is 17.3. The molecule has 1 amide bonds. The minimum atomic E-state index is -2.98. The fourth-order valence-electron chi connectivity index (χ4n) is 3.03. The standard InChI is InChI=1S/C21H23F2N5O3/c1-13(2)18(28-26-19(25-27-28)15-7-5-4-6-8-15)20(29)24-12-14-9-10-16(30-3)17(11-14)31-21(22)23/h4-11,13,18,21H,12H2,1-3H3,(H,24,29). The summed E-state index contributed by atoms with van der Waals surface area (Å²) in [6.07, 6.45) is 0. The quantitative estimate of drug-likeness (QED) is 0.558. The average Bonchev–Trinajstić information content (AvgIpc) is 3.22. The number of tetrazole rings is 1. The molecular formula is C21H23F2N5O3. The van der Waals surface area contributed by atoms with E-state index in [1.54, 1.807) is 6.07 Å². The molecule has 0 fully saturated rings. The molecule has 0 saturated carbocycles. The van der Waals surface area contributed by atoms with Crippen molar-refractivity contribution in [2.75, 3.05) is 7.11 Å². The van der Waals surface area contributed by atoms with Crippen molar-refractivity contribution in [1.82, 2.24) is 25.5 Å². The monoisotopic (exact) mass is 431 g/mol. The summed E-state index contributed by atoms with van der Waals surface area (Å²) < 4.78 is 34.7. The number of alkyl halides is 2. The zero-order valence-corrected chi connectivity index (χ0v) is 17.3. The minimum Gasteiger partial charge on any atom is -0.493 e. The number of amides is 1. The van der Waals surface area contributed by atoms with E-state index in [9.17, 15) is 13.6 Å². The second-order valence-corrected chi connectivity index (χ2v) is 7.07. The fourth-order valence-corrected chi connectivity index (χ4v) is 3.03. The molecule has 0 bridgehead atoms. The van der Waals surface area contributed by atoms with Crippen LogP contribution in [-0.4, -0.2) is 39.8 Å². The van der Waals surface area contributed by atoms with Crippen LogP contribution in [-0.2, 0) is 11.3 Å². The van der Waals surface area contributed by atoms with Gasteiger partial charge in [-0.1, -0.05) is 50.2 Å². The number of nitrogens with one attached hydrogen (secondary N) is 1. The lowest BCUT2D eigenvalue weighted by Gasteiger charge is -2.19. The largest absolute Gasteiger partial charge is 0.493 e. The van der Waals surface area contributed by atoms with Gasteiger partial charge < -0.3 is 14.8 Å². The molecule has 1 atom stereocenters. The summed E-state index contributed by atoms with van der Waals surface area (Å²) in [6.45, 7) is 0.864. The van der Waals surface area contributed by atoms with Crippen molar-refractivity contribution < 1.29 is 23.0 Å². The SMILES string of the molecule is COc1ccc(CNC(=O)C(C(C)C)n2nnc(-c3ccccc3)n2)cc1OC(F)F. The first-order valence-electron chi connectivity index (χ1n) is 9.63. The minimum absolute atomic E-state index is 0.102. The smallest absolute Gasteiger partial charge is 0.387 e. The molecule has 0 aliphatic heterocycles. The lowest BCUT2D eigenvalue weighted by Crippen LogP contribution is -2.36. The van der Waals surface area contributed by atoms with Crippen molar-refractivity contribution in [2.45, 2.75) is 33.0 Å². The van der Waals surface area contributed by atoms with Crippen LogP contribution >= 0.6 is 0 Å². The summed E-state index contributed by atoms with van der Waals surface area (Å²) in [5.74, 6) is 0.0550. The number of hydrogen-bond donors (Lipinski definition) is 1. The number of carbonyl (C=O) groups is 1. The van der Waals surface area contributed by atoms with Gasteiger partial charge in [0.25, 0.3) is 0 Å². The Morgan fingerprint density at radius 3 is 2.52 bits per heavy atom. The molecule has 10 heteroatoms. The molecule has 1 N–H and O–H groups in total. The van der Waals surface area contributed by atoms with Crippen molar-refractivity contribution in [3.8, 4) is 22.9 Å². The Bertz CT molecular complexity index is 1010. The average molecular weight is 431 g/mol. The Morgan fingerprint density at radius 1 is 1.13 bits per heavy atom. The molecule has 1 unspecified atom stereocenters. The summed E-state index contributed by atoms with van der Waals surface area (Å²) in [5.41, 5.74) is 1.37. The number of nitrogens with zero attached hydrogens (tertiary/aromatic N) is 4. The Balaban J connectivity index is 1.73. The van der Waals surface area contributed by atoms with Gasteiger partial charge in [0, 0.05) is 12.1 Å². The third kappa shape index (κ3) is 5.53. The first kappa shape index (κ1) is 22.1. The van der Waals surface area contributed by atoms with Crippen molar-refractivity contribution in [2.24, 2.45) is 5.92 Å². The molecule has 0 saturated heterocycles. The van der Waals surface area contributed by atoms with Gasteiger partial charge in [0.1, 0.15) is 0 Å². The number of rotatable bonds is 9. The highest BCUT2D eigenvalue weighted by Gasteiger charge is 2.27. The van der Waals surface area contributed by atoms with Crippen LogP contribution in [0.4, 0.5) is 8.78 Å². The maximum absolute atomic E-state index is 12.9. The van der Waals surface area contributed by atoms with E-state index in [2.05, 4.69) is 25.5 Å². The van der Waals surface area contributed by atoms with Crippen LogP contribution in [0.1, 0.15) is 25.5 Å². The van der Waals surface area contributed by atoms with Crippen LogP contribution in [0.25, 0.3) is 11.4 Å². The molecule has 0 radical (unpaired) electrons. The molecule has 31 heavy (non-hydrogen) atoms. The third-order valence-corrected chi connectivity index (χ3v) is 4.52. The van der Waals surface area contributed by atoms with E-state index < -0.39 is 12.7 Å². The van der Waals surface area contributed by atoms with E-state index in [0.717, 1.165) is 5.56 Å². The number of halogens is 2. The van der Waals surface area contributed by atoms with E-state index in [-0.39, 0.29) is 29.9 Å². The highest BCUT2D eigenvalue weighted by molar-refractivity contribution is 5.80. The molecule has 0 aliphatic rings. The lowest BCUT2D eigenvalue weighted by molar-refractivity contribution is -0.126. The number of ether oxygens (including phenoxy) is 2. The topological polar surface area (TPSA) is 91.2 Å². The highest BCUT2D eigenvalue weighted by Crippen LogP contribution is 2.29. The van der Waals surface area contributed by atoms with Crippen LogP contribution in [0, 0.1) is 5.92 Å². The Kier molecular flexibility index (Phi) is 7.11. The van der Waals surface area contributed by atoms with Gasteiger partial charge in [-0.2, -0.15) is 13.6 Å². The molecule has 3 rings (SSSR count). The Morgan fingerprint density at radius 2 is 1.87 bits per heavy atom. The van der Waals surface area contributed by atoms with Crippen molar-refractivity contribution in [1.29, 1.82) is 0 Å². The molecule has 1 heterocycles. The molecule has 0 spiro atoms. The maximum atomic E-state index is 12.9. The van der Waals surface area contributed by atoms with Crippen molar-refractivity contribution in [3.05, 3.63) is 54.1 Å². The van der Waals surface area contributed by atoms with E-state index in [0.29, 0.717) is 11.4 Å². The van der Waals surface area contributed by atoms with Crippen molar-refractivity contribution >= 4 is 5.91 Å². The summed E-state index contributed by atoms with van der Waals surface area (Å²) in [5, 5.41) is 15.3. The number of aromatic nitrogens is 4. The molecule has 2 aromatic carbocycles. The predicted octanol–water partition coefficient (Wildman–Crippen LogP) is 3.46. The third-order valence-electron chi connectivity index (χ3n) is 4.52. The molecule has 1 aromatic heterocycles. The number of methoxy groups -OCH3 is 1. The first-order chi connectivity index (χ1) is 14.9. The van der Waals surface area contributed by atoms with Gasteiger partial charge in [-0.15, -0.1) is 10.2 Å². The lowest BCUT2D eigenvalue weighted by atomic mass is 10.0. The van der Waals surface area contributed by atoms with Crippen molar-refractivity contribution in [3.63, 3.8) is 0 Å². The molecular weight excluding hydrogens is 408 g/mol. The van der Waals surface area contributed by atoms with Crippen LogP contribution in [0.5, 0.6) is 11.5 Å². The first-order valence-corrected chi connectivity index (χ1v) is 9.63. The summed E-state index contributed by atoms with van der Waals surface area (Å²) in [4.78, 5) is 14.2. The number of carbonyl (C=O) groups excluding carboxylic acids is 1. The summed E-state index contributed by atoms with van der Waals surface area (Å²) in [6, 6.07) is 13.2. The Hall–Kier alpha value is -3.56. The van der Waals surface area contributed by atoms with E-state index in [1.165, 1.54) is 24.0 Å². The van der Waals surface area contributed by atoms with Crippen LogP contribution in [0.15, 0.2) is 48.5 Å². The predicted molar refractivity (Wildman–Crippen MR) is 109 cm³/mol. The van der Waals surface area contributed by atoms with Gasteiger partial charge in [0.2, 0.25) is 11.7 Å². The second kappa shape index (κ2) is 9.96. The molecule has 0 aliphatic carbocycles. The van der Waals surface area contributed by atoms with Gasteiger partial charge >= 0.3 is 6.61 Å². The number of benzene rings is 2. The maximum Gasteiger partial charge on any atom is 0.387 e. The normalized spacial score (nSPS) is 12.1. The highest BCUT2D eigenvalue weighted by atomic mass is 19.3. The van der Waals surface area contributed by atoms with E-state index in [4.69, 9.17) is 4.74 Å². The zero-order chi connectivity index (χ0) is 22.4. The molecule has 8 nitrogen and oxygen atoms in total. The van der Waals surface area contributed by atoms with E-state index >= 15 is 0 Å².